The van der Waals surface area contributed by atoms with Gasteiger partial charge in [-0.2, -0.15) is 0 Å². The zero-order valence-electron chi connectivity index (χ0n) is 8.09. The van der Waals surface area contributed by atoms with Gasteiger partial charge in [-0.25, -0.2) is 0 Å². The van der Waals surface area contributed by atoms with Gasteiger partial charge in [-0.1, -0.05) is 6.42 Å². The molecule has 0 bridgehead atoms. The van der Waals surface area contributed by atoms with Gasteiger partial charge in [-0.05, 0) is 13.8 Å². The number of hydrogen-bond acceptors (Lipinski definition) is 2. The molecular weight excluding hydrogens is 229 g/mol. The van der Waals surface area contributed by atoms with Gasteiger partial charge in [0.05, 0.1) is 0 Å². The fourth-order valence-corrected chi connectivity index (χ4v) is 0.581. The van der Waals surface area contributed by atoms with Gasteiger partial charge in [0.1, 0.15) is 11.6 Å². The number of carbonyl (C=O) groups excluding carboxylic acids is 2. The number of rotatable bonds is 4. The molecule has 0 aliphatic heterocycles. The summed E-state index contributed by atoms with van der Waals surface area (Å²) in [7, 11) is 0. The molecule has 0 aromatic rings. The van der Waals surface area contributed by atoms with E-state index < -0.39 is 0 Å². The summed E-state index contributed by atoms with van der Waals surface area (Å²) in [5, 5.41) is 0. The summed E-state index contributed by atoms with van der Waals surface area (Å²) < 4.78 is 0. The molecule has 0 aliphatic carbocycles. The van der Waals surface area contributed by atoms with E-state index in [1.165, 1.54) is 13.8 Å². The summed E-state index contributed by atoms with van der Waals surface area (Å²) in [6.07, 6.45) is 1.05. The number of Topliss-reactive ketones (excluding diaryl/α,β-unsaturated/α-hetero) is 2. The fourth-order valence-electron chi connectivity index (χ4n) is 0.581. The second-order valence-corrected chi connectivity index (χ2v) is 2.55. The van der Waals surface area contributed by atoms with Crippen LogP contribution in [0.15, 0.2) is 0 Å². The molecule has 0 heterocycles. The van der Waals surface area contributed by atoms with E-state index in [0.717, 1.165) is 0 Å². The van der Waals surface area contributed by atoms with Crippen LogP contribution in [-0.2, 0) is 42.3 Å². The van der Waals surface area contributed by atoms with Crippen molar-refractivity contribution in [3.63, 3.8) is 0 Å². The summed E-state index contributed by atoms with van der Waals surface area (Å²) in [6.45, 7) is 6.63. The Labute approximate surface area is 100 Å². The summed E-state index contributed by atoms with van der Waals surface area (Å²) in [6, 6.07) is 0. The van der Waals surface area contributed by atoms with Crippen molar-refractivity contribution in [3.8, 4) is 0 Å². The molecule has 0 fully saturated rings. The largest absolute Gasteiger partial charge is 0.358 e. The maximum Gasteiger partial charge on any atom is 0.129 e. The Morgan fingerprint density at radius 2 is 1.75 bits per heavy atom. The van der Waals surface area contributed by atoms with Crippen molar-refractivity contribution in [2.75, 3.05) is 0 Å². The molecule has 0 rings (SSSR count). The van der Waals surface area contributed by atoms with Crippen LogP contribution in [0.2, 0.25) is 0 Å². The number of ketones is 2. The average molecular weight is 245 g/mol. The van der Waals surface area contributed by atoms with E-state index >= 15 is 0 Å². The van der Waals surface area contributed by atoms with E-state index in [1.807, 2.05) is 0 Å². The molecule has 0 aromatic heterocycles. The monoisotopic (exact) mass is 245 g/mol. The third-order valence-electron chi connectivity index (χ3n) is 1.42. The van der Waals surface area contributed by atoms with Crippen LogP contribution in [0.5, 0.6) is 0 Å². The molecule has 2 nitrogen and oxygen atoms in total. The molecule has 0 spiro atoms. The van der Waals surface area contributed by atoms with Gasteiger partial charge in [-0.3, -0.25) is 0 Å². The summed E-state index contributed by atoms with van der Waals surface area (Å²) in [5.41, 5.74) is 0. The van der Waals surface area contributed by atoms with Crippen molar-refractivity contribution in [2.24, 2.45) is 5.92 Å². The van der Waals surface area contributed by atoms with Crippen LogP contribution in [0.25, 0.3) is 0 Å². The van der Waals surface area contributed by atoms with Crippen LogP contribution in [0.3, 0.4) is 0 Å². The second-order valence-electron chi connectivity index (χ2n) is 2.55. The smallest absolute Gasteiger partial charge is 0.129 e. The van der Waals surface area contributed by atoms with Crippen molar-refractivity contribution in [1.82, 2.24) is 0 Å². The van der Waals surface area contributed by atoms with Gasteiger partial charge in [0.25, 0.3) is 0 Å². The molecule has 69 valence electrons. The van der Waals surface area contributed by atoms with Crippen LogP contribution in [-0.4, -0.2) is 11.6 Å². The molecule has 1 unspecified atom stereocenters. The van der Waals surface area contributed by atoms with Crippen LogP contribution in [0.4, 0.5) is 0 Å². The maximum absolute atomic E-state index is 10.6. The molecule has 0 N–H and O–H groups in total. The van der Waals surface area contributed by atoms with Crippen LogP contribution < -0.4 is 0 Å². The molecule has 1 radical (unpaired) electrons. The van der Waals surface area contributed by atoms with E-state index in [1.54, 1.807) is 0 Å². The van der Waals surface area contributed by atoms with Gasteiger partial charge >= 0.3 is 0 Å². The standard InChI is InChI=1S/C8H13O2.CH3.Y/c1-6(8(3)10)4-5-7(2)9;;/h6H,1,4-5H2,2-3H3;1H3;/q2*-1;. The number of carbonyl (C=O) groups is 2. The minimum absolute atomic E-state index is 0. The Hall–Kier alpha value is 0.444. The molecular formula is C9H16O2Y-2. The first-order valence-corrected chi connectivity index (χ1v) is 3.37. The third kappa shape index (κ3) is 10.4. The second kappa shape index (κ2) is 9.53. The van der Waals surface area contributed by atoms with Crippen LogP contribution in [0, 0.1) is 20.3 Å². The Kier molecular flexibility index (Phi) is 14.5. The van der Waals surface area contributed by atoms with Gasteiger partial charge in [0.15, 0.2) is 0 Å². The first-order chi connectivity index (χ1) is 4.54. The van der Waals surface area contributed by atoms with Crippen LogP contribution in [0.1, 0.15) is 26.7 Å². The maximum atomic E-state index is 10.6. The zero-order valence-corrected chi connectivity index (χ0v) is 10.9. The van der Waals surface area contributed by atoms with E-state index in [2.05, 4.69) is 6.92 Å². The van der Waals surface area contributed by atoms with E-state index in [4.69, 9.17) is 0 Å². The molecule has 0 amide bonds. The Balaban J connectivity index is -0.000000405. The van der Waals surface area contributed by atoms with Crippen molar-refractivity contribution >= 4 is 11.6 Å². The summed E-state index contributed by atoms with van der Waals surface area (Å²) >= 11 is 0. The molecule has 0 aromatic carbocycles. The van der Waals surface area contributed by atoms with E-state index in [-0.39, 0.29) is 57.6 Å². The van der Waals surface area contributed by atoms with Crippen LogP contribution >= 0.6 is 0 Å². The third-order valence-corrected chi connectivity index (χ3v) is 1.42. The van der Waals surface area contributed by atoms with Gasteiger partial charge in [-0.15, -0.1) is 5.92 Å². The first-order valence-electron chi connectivity index (χ1n) is 3.37. The predicted octanol–water partition coefficient (Wildman–Crippen LogP) is 1.84. The summed E-state index contributed by atoms with van der Waals surface area (Å²) in [5.74, 6) is -0.0277. The molecule has 1 atom stereocenters. The molecule has 0 saturated carbocycles. The van der Waals surface area contributed by atoms with E-state index in [9.17, 15) is 9.59 Å². The van der Waals surface area contributed by atoms with Crippen molar-refractivity contribution in [2.45, 2.75) is 26.7 Å². The number of hydrogen-bond donors (Lipinski definition) is 0. The van der Waals surface area contributed by atoms with E-state index in [0.29, 0.717) is 12.8 Å². The topological polar surface area (TPSA) is 34.1 Å². The first kappa shape index (κ1) is 18.3. The van der Waals surface area contributed by atoms with Crippen molar-refractivity contribution in [3.05, 3.63) is 14.4 Å². The van der Waals surface area contributed by atoms with Gasteiger partial charge in [0, 0.05) is 39.1 Å². The fraction of sp³-hybridized carbons (Fsp3) is 0.556. The van der Waals surface area contributed by atoms with Gasteiger partial charge < -0.3 is 23.9 Å². The minimum atomic E-state index is -0.205. The predicted molar refractivity (Wildman–Crippen MR) is 45.9 cm³/mol. The van der Waals surface area contributed by atoms with Crippen molar-refractivity contribution < 1.29 is 42.3 Å². The SMILES string of the molecule is [CH2-]C(CCC(C)=O)C(C)=O.[CH3-].[Y]. The average Bonchev–Trinajstić information content (AvgIpc) is 1.82. The molecule has 0 aliphatic rings. The normalized spacial score (nSPS) is 10.6. The molecule has 3 heteroatoms. The molecule has 0 saturated heterocycles. The minimum Gasteiger partial charge on any atom is -0.358 e. The summed E-state index contributed by atoms with van der Waals surface area (Å²) in [4.78, 5) is 21.0. The zero-order chi connectivity index (χ0) is 8.15. The Morgan fingerprint density at radius 1 is 1.33 bits per heavy atom. The Bertz CT molecular complexity index is 143. The molecule has 12 heavy (non-hydrogen) atoms. The van der Waals surface area contributed by atoms with Crippen molar-refractivity contribution in [1.29, 1.82) is 0 Å². The van der Waals surface area contributed by atoms with Gasteiger partial charge in [0.2, 0.25) is 0 Å². The quantitative estimate of drug-likeness (QED) is 0.708. The Morgan fingerprint density at radius 3 is 2.00 bits per heavy atom.